The minimum absolute atomic E-state index is 0.157. The fourth-order valence-electron chi connectivity index (χ4n) is 5.33. The summed E-state index contributed by atoms with van der Waals surface area (Å²) in [4.78, 5) is 31.2. The Kier molecular flexibility index (Phi) is 8.16. The van der Waals surface area contributed by atoms with Crippen LogP contribution in [-0.2, 0) is 9.53 Å². The first-order valence-electron chi connectivity index (χ1n) is 13.7. The second-order valence-corrected chi connectivity index (χ2v) is 10.5. The van der Waals surface area contributed by atoms with Crippen LogP contribution in [0.5, 0.6) is 11.6 Å². The molecule has 210 valence electrons. The lowest BCUT2D eigenvalue weighted by molar-refractivity contribution is -0.132. The lowest BCUT2D eigenvalue weighted by Gasteiger charge is -2.32. The lowest BCUT2D eigenvalue weighted by atomic mass is 9.99. The highest BCUT2D eigenvalue weighted by Gasteiger charge is 2.27. The van der Waals surface area contributed by atoms with E-state index in [1.165, 1.54) is 0 Å². The second-order valence-electron chi connectivity index (χ2n) is 10.5. The van der Waals surface area contributed by atoms with E-state index >= 15 is 0 Å². The molecule has 40 heavy (non-hydrogen) atoms. The second kappa shape index (κ2) is 11.9. The number of nitriles is 1. The highest BCUT2D eigenvalue weighted by molar-refractivity contribution is 6.06. The maximum absolute atomic E-state index is 12.5. The molecule has 2 amide bonds. The van der Waals surface area contributed by atoms with Gasteiger partial charge in [-0.05, 0) is 57.0 Å². The summed E-state index contributed by atoms with van der Waals surface area (Å²) in [5, 5.41) is 15.0. The van der Waals surface area contributed by atoms with E-state index in [-0.39, 0.29) is 36.1 Å². The number of nitrogens with two attached hydrogens (primary N) is 1. The topological polar surface area (TPSA) is 146 Å². The maximum atomic E-state index is 12.5. The smallest absolute Gasteiger partial charge is 0.252 e. The van der Waals surface area contributed by atoms with Crippen molar-refractivity contribution >= 4 is 22.6 Å². The number of benzene rings is 1. The summed E-state index contributed by atoms with van der Waals surface area (Å²) in [7, 11) is 0. The Morgan fingerprint density at radius 2 is 2.00 bits per heavy atom. The molecule has 2 N–H and O–H groups in total. The Morgan fingerprint density at radius 1 is 1.20 bits per heavy atom. The van der Waals surface area contributed by atoms with Gasteiger partial charge < -0.3 is 24.8 Å². The van der Waals surface area contributed by atoms with Crippen LogP contribution in [0.15, 0.2) is 30.7 Å². The van der Waals surface area contributed by atoms with Gasteiger partial charge in [0.1, 0.15) is 18.3 Å². The number of likely N-dealkylation sites (tertiary alicyclic amines) is 1. The fourth-order valence-corrected chi connectivity index (χ4v) is 5.33. The van der Waals surface area contributed by atoms with Crippen molar-refractivity contribution in [2.45, 2.75) is 64.2 Å². The molecule has 11 nitrogen and oxygen atoms in total. The van der Waals surface area contributed by atoms with E-state index in [1.54, 1.807) is 29.4 Å². The van der Waals surface area contributed by atoms with E-state index in [2.05, 4.69) is 5.10 Å². The monoisotopic (exact) mass is 546 g/mol. The van der Waals surface area contributed by atoms with Crippen LogP contribution in [0.25, 0.3) is 21.9 Å². The number of nitrogens with zero attached hydrogens (tertiary/aromatic N) is 5. The van der Waals surface area contributed by atoms with Crippen molar-refractivity contribution in [3.8, 4) is 28.8 Å². The number of rotatable bonds is 8. The third-order valence-corrected chi connectivity index (χ3v) is 7.30. The summed E-state index contributed by atoms with van der Waals surface area (Å²) in [5.41, 5.74) is 7.68. The number of aromatic nitrogens is 3. The number of ether oxygens (including phenoxy) is 3. The Hall–Kier alpha value is -4.17. The molecule has 4 heterocycles. The number of piperidine rings is 1. The highest BCUT2D eigenvalue weighted by atomic mass is 16.5. The van der Waals surface area contributed by atoms with Gasteiger partial charge in [-0.2, -0.15) is 10.4 Å². The highest BCUT2D eigenvalue weighted by Crippen LogP contribution is 2.38. The molecule has 0 bridgehead atoms. The summed E-state index contributed by atoms with van der Waals surface area (Å²) in [6, 6.07) is 5.67. The predicted octanol–water partition coefficient (Wildman–Crippen LogP) is 3.62. The molecule has 0 unspecified atom stereocenters. The van der Waals surface area contributed by atoms with Crippen LogP contribution in [0.1, 0.15) is 62.4 Å². The zero-order chi connectivity index (χ0) is 28.2. The van der Waals surface area contributed by atoms with Crippen LogP contribution in [0, 0.1) is 11.3 Å². The predicted molar refractivity (Wildman–Crippen MR) is 147 cm³/mol. The van der Waals surface area contributed by atoms with E-state index in [1.807, 2.05) is 30.8 Å². The lowest BCUT2D eigenvalue weighted by Crippen LogP contribution is -2.44. The van der Waals surface area contributed by atoms with Crippen LogP contribution in [-0.4, -0.2) is 70.0 Å². The molecule has 0 spiro atoms. The van der Waals surface area contributed by atoms with Crippen molar-refractivity contribution < 1.29 is 23.8 Å². The Balaban J connectivity index is 1.55. The minimum Gasteiger partial charge on any atom is -0.490 e. The van der Waals surface area contributed by atoms with Crippen molar-refractivity contribution in [1.82, 2.24) is 19.7 Å². The standard InChI is InChI=1S/C29H34N6O5/c1-18(2)39-26-13-23-22(12-24(26)28(31)37)25(19-14-33-35(16-19)20-6-10-38-11-7-20)15-32-29(23)40-21-4-3-9-34(17-21)27(36)5-8-30/h12-16,18,20-21H,3-7,9-11,17H2,1-2H3,(H2,31,37)/t21-/m1/s1. The van der Waals surface area contributed by atoms with Crippen molar-refractivity contribution in [2.75, 3.05) is 26.3 Å². The maximum Gasteiger partial charge on any atom is 0.252 e. The number of fused-ring (bicyclic) bond motifs is 1. The van der Waals surface area contributed by atoms with E-state index < -0.39 is 5.91 Å². The van der Waals surface area contributed by atoms with Gasteiger partial charge in [-0.25, -0.2) is 4.98 Å². The minimum atomic E-state index is -0.598. The van der Waals surface area contributed by atoms with Gasteiger partial charge in [-0.1, -0.05) is 0 Å². The van der Waals surface area contributed by atoms with E-state index in [9.17, 15) is 9.59 Å². The average molecular weight is 547 g/mol. The molecule has 1 aromatic carbocycles. The quantitative estimate of drug-likeness (QED) is 0.451. The summed E-state index contributed by atoms with van der Waals surface area (Å²) < 4.78 is 19.8. The molecular formula is C29H34N6O5. The van der Waals surface area contributed by atoms with Crippen molar-refractivity contribution in [3.05, 3.63) is 36.3 Å². The third kappa shape index (κ3) is 5.87. The van der Waals surface area contributed by atoms with Crippen LogP contribution < -0.4 is 15.2 Å². The van der Waals surface area contributed by atoms with Crippen LogP contribution in [0.4, 0.5) is 0 Å². The molecule has 2 aliphatic rings. The first kappa shape index (κ1) is 27.4. The fraction of sp³-hybridized carbons (Fsp3) is 0.483. The number of carbonyl (C=O) groups is 2. The molecule has 0 aliphatic carbocycles. The normalized spacial score (nSPS) is 18.1. The molecular weight excluding hydrogens is 512 g/mol. The van der Waals surface area contributed by atoms with Gasteiger partial charge >= 0.3 is 0 Å². The van der Waals surface area contributed by atoms with Gasteiger partial charge in [0.05, 0.1) is 36.5 Å². The third-order valence-electron chi connectivity index (χ3n) is 7.30. The van der Waals surface area contributed by atoms with E-state index in [0.717, 1.165) is 42.2 Å². The first-order valence-corrected chi connectivity index (χ1v) is 13.7. The van der Waals surface area contributed by atoms with Gasteiger partial charge in [0.2, 0.25) is 11.8 Å². The number of amides is 2. The van der Waals surface area contributed by atoms with Crippen LogP contribution in [0.2, 0.25) is 0 Å². The largest absolute Gasteiger partial charge is 0.490 e. The molecule has 0 saturated carbocycles. The summed E-state index contributed by atoms with van der Waals surface area (Å²) in [6.45, 7) is 6.13. The van der Waals surface area contributed by atoms with Gasteiger partial charge in [-0.3, -0.25) is 14.3 Å². The van der Waals surface area contributed by atoms with Crippen molar-refractivity contribution in [2.24, 2.45) is 5.73 Å². The number of carbonyl (C=O) groups excluding carboxylic acids is 2. The molecule has 11 heteroatoms. The number of hydrogen-bond donors (Lipinski definition) is 1. The Bertz CT molecular complexity index is 1440. The number of primary amides is 1. The summed E-state index contributed by atoms with van der Waals surface area (Å²) in [5.74, 6) is -0.0743. The molecule has 2 aliphatic heterocycles. The summed E-state index contributed by atoms with van der Waals surface area (Å²) in [6.07, 6.45) is 8.17. The summed E-state index contributed by atoms with van der Waals surface area (Å²) >= 11 is 0. The van der Waals surface area contributed by atoms with E-state index in [4.69, 9.17) is 30.2 Å². The van der Waals surface area contributed by atoms with Crippen LogP contribution in [0.3, 0.4) is 0 Å². The van der Waals surface area contributed by atoms with Gasteiger partial charge in [-0.15, -0.1) is 0 Å². The van der Waals surface area contributed by atoms with E-state index in [0.29, 0.717) is 43.3 Å². The zero-order valence-electron chi connectivity index (χ0n) is 22.8. The molecule has 1 atom stereocenters. The molecule has 2 saturated heterocycles. The Morgan fingerprint density at radius 3 is 2.73 bits per heavy atom. The number of hydrogen-bond acceptors (Lipinski definition) is 8. The Labute approximate surface area is 232 Å². The van der Waals surface area contributed by atoms with Crippen molar-refractivity contribution in [1.29, 1.82) is 5.26 Å². The average Bonchev–Trinajstić information content (AvgIpc) is 3.43. The first-order chi connectivity index (χ1) is 19.3. The van der Waals surface area contributed by atoms with Crippen LogP contribution >= 0.6 is 0 Å². The van der Waals surface area contributed by atoms with Gasteiger partial charge in [0, 0.05) is 48.7 Å². The van der Waals surface area contributed by atoms with Gasteiger partial charge in [0.25, 0.3) is 5.91 Å². The molecule has 3 aromatic rings. The van der Waals surface area contributed by atoms with Gasteiger partial charge in [0.15, 0.2) is 0 Å². The molecule has 2 aromatic heterocycles. The van der Waals surface area contributed by atoms with Crippen molar-refractivity contribution in [3.63, 3.8) is 0 Å². The SMILES string of the molecule is CC(C)Oc1cc2c(O[C@@H]3CCCN(C(=O)CC#N)C3)ncc(-c3cnn(C4CCOCC4)c3)c2cc1C(N)=O. The number of pyridine rings is 1. The molecule has 5 rings (SSSR count). The molecule has 0 radical (unpaired) electrons. The zero-order valence-corrected chi connectivity index (χ0v) is 22.8. The molecule has 2 fully saturated rings.